The van der Waals surface area contributed by atoms with Crippen molar-refractivity contribution in [3.8, 4) is 5.75 Å². The number of carbonyl (C=O) groups is 1. The van der Waals surface area contributed by atoms with E-state index in [0.717, 1.165) is 5.56 Å². The van der Waals surface area contributed by atoms with Crippen LogP contribution >= 0.6 is 0 Å². The van der Waals surface area contributed by atoms with Gasteiger partial charge < -0.3 is 35.4 Å². The normalized spacial score (nSPS) is 48.3. The molecule has 0 radical (unpaired) electrons. The van der Waals surface area contributed by atoms with Gasteiger partial charge in [0.25, 0.3) is 0 Å². The van der Waals surface area contributed by atoms with E-state index >= 15 is 0 Å². The van der Waals surface area contributed by atoms with Crippen LogP contribution in [0.15, 0.2) is 48.1 Å². The zero-order chi connectivity index (χ0) is 33.0. The van der Waals surface area contributed by atoms with Crippen LogP contribution in [-0.2, 0) is 16.0 Å². The zero-order valence-electron chi connectivity index (χ0n) is 27.6. The van der Waals surface area contributed by atoms with E-state index in [1.54, 1.807) is 18.2 Å². The Bertz CT molecular complexity index is 1450. The first kappa shape index (κ1) is 32.5. The number of phenolic OH excluding ortho intramolecular Hbond substituents is 1. The van der Waals surface area contributed by atoms with Crippen LogP contribution in [0, 0.1) is 45.8 Å². The topological polar surface area (TPSA) is 151 Å². The lowest BCUT2D eigenvalue weighted by Gasteiger charge is -2.66. The van der Waals surface area contributed by atoms with Gasteiger partial charge in [0, 0.05) is 11.3 Å². The van der Waals surface area contributed by atoms with E-state index in [1.807, 2.05) is 19.1 Å². The summed E-state index contributed by atoms with van der Waals surface area (Å²) < 4.78 is 6.34. The van der Waals surface area contributed by atoms with Gasteiger partial charge in [-0.2, -0.15) is 0 Å². The van der Waals surface area contributed by atoms with Crippen LogP contribution < -0.4 is 0 Å². The van der Waals surface area contributed by atoms with Crippen molar-refractivity contribution in [2.45, 2.75) is 115 Å². The maximum absolute atomic E-state index is 14.2. The van der Waals surface area contributed by atoms with Crippen molar-refractivity contribution in [1.29, 1.82) is 0 Å². The van der Waals surface area contributed by atoms with E-state index in [-0.39, 0.29) is 60.3 Å². The van der Waals surface area contributed by atoms with Gasteiger partial charge in [-0.05, 0) is 110 Å². The van der Waals surface area contributed by atoms with Gasteiger partial charge in [-0.1, -0.05) is 52.0 Å². The molecule has 6 N–H and O–H groups in total. The number of aromatic hydroxyl groups is 1. The third-order valence-electron chi connectivity index (χ3n) is 14.5. The van der Waals surface area contributed by atoms with Crippen LogP contribution in [0.1, 0.15) is 78.2 Å². The van der Waals surface area contributed by atoms with Crippen molar-refractivity contribution in [3.63, 3.8) is 0 Å². The molecule has 46 heavy (non-hydrogen) atoms. The number of carbonyl (C=O) groups excluding carboxylic acids is 1. The largest absolute Gasteiger partial charge is 0.508 e. The number of allylic oxidation sites excluding steroid dienone is 2. The molecule has 1 heterocycles. The third-order valence-corrected chi connectivity index (χ3v) is 14.5. The van der Waals surface area contributed by atoms with Crippen molar-refractivity contribution in [1.82, 2.24) is 0 Å². The van der Waals surface area contributed by atoms with E-state index in [0.29, 0.717) is 50.0 Å². The first-order chi connectivity index (χ1) is 21.7. The number of aliphatic hydroxyl groups is 5. The molecule has 0 aromatic heterocycles. The molecule has 1 aromatic carbocycles. The number of hydrogen-bond donors (Lipinski definition) is 6. The summed E-state index contributed by atoms with van der Waals surface area (Å²) in [6, 6.07) is 7.18. The minimum atomic E-state index is -1.43. The number of benzene rings is 1. The predicted octanol–water partition coefficient (Wildman–Crippen LogP) is 3.85. The quantitative estimate of drug-likeness (QED) is 0.195. The van der Waals surface area contributed by atoms with Crippen LogP contribution in [0.2, 0.25) is 0 Å². The highest BCUT2D eigenvalue weighted by Crippen LogP contribution is 2.75. The van der Waals surface area contributed by atoms with E-state index in [1.165, 1.54) is 0 Å². The molecule has 1 saturated heterocycles. The van der Waals surface area contributed by atoms with E-state index in [9.17, 15) is 35.4 Å². The van der Waals surface area contributed by atoms with E-state index < -0.39 is 46.3 Å². The first-order valence-electron chi connectivity index (χ1n) is 17.5. The fraction of sp³-hybridized carbons (Fsp3) is 0.711. The number of hydrogen-bond acceptors (Lipinski definition) is 8. The molecule has 1 aromatic rings. The average Bonchev–Trinajstić information content (AvgIpc) is 3.76. The monoisotopic (exact) mass is 636 g/mol. The standard InChI is InChI=1S/C38H52O8/c1-21(2)22(3)32-33(46-32)37(44)12-6-8-24-16-26-27(17-31(43)35(20-39)19-29(42)28(41)18-34(26,35)4)38(45)14-11-30(37)36(24,38)13-10-23-7-5-9-25(40)15-23/h5-9,15,17,21-22,24,26,28-30,32-33,39-42,44-45H,10-14,16,18-20H2,1-4H3/t22-,24-,26+,28+,29-,30+,32+,33-,34-,35-,36-,37-,38-/m1/s1. The Balaban J connectivity index is 1.38. The molecule has 5 aliphatic carbocycles. The zero-order valence-corrected chi connectivity index (χ0v) is 27.6. The molecular weight excluding hydrogens is 584 g/mol. The molecule has 1 aliphatic heterocycles. The smallest absolute Gasteiger partial charge is 0.164 e. The Labute approximate surface area is 272 Å². The van der Waals surface area contributed by atoms with Gasteiger partial charge in [0.2, 0.25) is 0 Å². The van der Waals surface area contributed by atoms with Gasteiger partial charge in [0.05, 0.1) is 35.9 Å². The Kier molecular flexibility index (Phi) is 7.56. The molecule has 0 unspecified atom stereocenters. The number of ketones is 1. The number of aryl methyl sites for hydroxylation is 1. The predicted molar refractivity (Wildman–Crippen MR) is 171 cm³/mol. The average molecular weight is 637 g/mol. The second kappa shape index (κ2) is 10.7. The molecule has 13 atom stereocenters. The van der Waals surface area contributed by atoms with Gasteiger partial charge in [0.1, 0.15) is 17.5 Å². The molecule has 8 nitrogen and oxygen atoms in total. The van der Waals surface area contributed by atoms with Crippen molar-refractivity contribution in [3.05, 3.63) is 53.6 Å². The Morgan fingerprint density at radius 3 is 2.52 bits per heavy atom. The summed E-state index contributed by atoms with van der Waals surface area (Å²) in [5, 5.41) is 69.0. The van der Waals surface area contributed by atoms with Crippen molar-refractivity contribution in [2.75, 3.05) is 6.61 Å². The van der Waals surface area contributed by atoms with Gasteiger partial charge in [0.15, 0.2) is 5.78 Å². The fourth-order valence-electron chi connectivity index (χ4n) is 11.5. The summed E-state index contributed by atoms with van der Waals surface area (Å²) in [6.07, 6.45) is 6.41. The van der Waals surface area contributed by atoms with Crippen LogP contribution in [0.5, 0.6) is 5.75 Å². The number of ether oxygens (including phenoxy) is 1. The molecule has 3 saturated carbocycles. The number of phenols is 1. The number of rotatable bonds is 7. The lowest BCUT2D eigenvalue weighted by Crippen LogP contribution is -2.69. The number of aliphatic hydroxyl groups excluding tert-OH is 3. The summed E-state index contributed by atoms with van der Waals surface area (Å²) in [4.78, 5) is 14.2. The first-order valence-corrected chi connectivity index (χ1v) is 17.5. The Morgan fingerprint density at radius 1 is 1.09 bits per heavy atom. The molecule has 0 amide bonds. The fourth-order valence-corrected chi connectivity index (χ4v) is 11.5. The van der Waals surface area contributed by atoms with Crippen LogP contribution in [0.25, 0.3) is 0 Å². The van der Waals surface area contributed by atoms with Gasteiger partial charge in [-0.3, -0.25) is 4.79 Å². The lowest BCUT2D eigenvalue weighted by molar-refractivity contribution is -0.203. The Morgan fingerprint density at radius 2 is 1.83 bits per heavy atom. The van der Waals surface area contributed by atoms with E-state index in [2.05, 4.69) is 32.9 Å². The third kappa shape index (κ3) is 4.16. The summed E-state index contributed by atoms with van der Waals surface area (Å²) in [5.74, 6) is -0.271. The highest BCUT2D eigenvalue weighted by Gasteiger charge is 2.77. The second-order valence-corrected chi connectivity index (χ2v) is 16.5. The highest BCUT2D eigenvalue weighted by atomic mass is 16.6. The van der Waals surface area contributed by atoms with Crippen LogP contribution in [0.3, 0.4) is 0 Å². The molecule has 252 valence electrons. The lowest BCUT2D eigenvalue weighted by atomic mass is 9.39. The summed E-state index contributed by atoms with van der Waals surface area (Å²) in [7, 11) is 0. The molecule has 7 rings (SSSR count). The van der Waals surface area contributed by atoms with Crippen LogP contribution in [-0.4, -0.2) is 78.6 Å². The van der Waals surface area contributed by atoms with Crippen LogP contribution in [0.4, 0.5) is 0 Å². The number of epoxide rings is 1. The minimum Gasteiger partial charge on any atom is -0.508 e. The molecule has 0 bridgehead atoms. The Hall–Kier alpha value is -2.07. The van der Waals surface area contributed by atoms with Crippen molar-refractivity contribution < 1.29 is 40.2 Å². The van der Waals surface area contributed by atoms with Crippen molar-refractivity contribution in [2.24, 2.45) is 45.8 Å². The molecule has 0 spiro atoms. The maximum atomic E-state index is 14.2. The van der Waals surface area contributed by atoms with E-state index in [4.69, 9.17) is 4.74 Å². The molecule has 4 fully saturated rings. The number of fused-ring (bicyclic) bond motifs is 4. The summed E-state index contributed by atoms with van der Waals surface area (Å²) in [6.45, 7) is 8.03. The van der Waals surface area contributed by atoms with Crippen molar-refractivity contribution >= 4 is 5.78 Å². The molecular formula is C38H52O8. The second-order valence-electron chi connectivity index (χ2n) is 16.5. The summed E-state index contributed by atoms with van der Waals surface area (Å²) in [5.41, 5.74) is -4.02. The minimum absolute atomic E-state index is 0.0291. The summed E-state index contributed by atoms with van der Waals surface area (Å²) >= 11 is 0. The van der Waals surface area contributed by atoms with Gasteiger partial charge in [-0.25, -0.2) is 0 Å². The maximum Gasteiger partial charge on any atom is 0.164 e. The molecule has 8 heteroatoms. The highest BCUT2D eigenvalue weighted by molar-refractivity contribution is 5.98. The van der Waals surface area contributed by atoms with Gasteiger partial charge >= 0.3 is 0 Å². The molecule has 6 aliphatic rings. The SMILES string of the molecule is CC(C)[C@@H](C)[C@@H]1O[C@H]1[C@@]1(O)CC=C[C@@H]2C[C@H]3C(=CC(=O)[C@]4(CO)C[C@@H](O)[C@@H](O)C[C@]34C)[C@]3(O)CC[C@H]1[C@@]23CCc1cccc(O)c1. The van der Waals surface area contributed by atoms with Gasteiger partial charge in [-0.15, -0.1) is 0 Å².